The molecule has 0 unspecified atom stereocenters. The van der Waals surface area contributed by atoms with E-state index in [0.717, 1.165) is 27.0 Å². The van der Waals surface area contributed by atoms with Crippen molar-refractivity contribution in [2.45, 2.75) is 24.3 Å². The van der Waals surface area contributed by atoms with Gasteiger partial charge in [-0.2, -0.15) is 0 Å². The van der Waals surface area contributed by atoms with Gasteiger partial charge in [0.05, 0.1) is 5.39 Å². The molecule has 4 rings (SSSR count). The number of hydrogen-bond donors (Lipinski definition) is 2. The lowest BCUT2D eigenvalue weighted by Crippen LogP contribution is -2.19. The maximum absolute atomic E-state index is 13.1. The monoisotopic (exact) mass is 420 g/mol. The number of aryl methyl sites for hydroxylation is 2. The summed E-state index contributed by atoms with van der Waals surface area (Å²) in [6.45, 7) is 4.08. The number of para-hydroxylation sites is 1. The van der Waals surface area contributed by atoms with Crippen LogP contribution in [0.2, 0.25) is 0 Å². The van der Waals surface area contributed by atoms with E-state index in [1.54, 1.807) is 11.3 Å². The smallest absolute Gasteiger partial charge is 0.242 e. The number of thiophene rings is 1. The van der Waals surface area contributed by atoms with Crippen molar-refractivity contribution in [1.82, 2.24) is 9.97 Å². The molecule has 0 saturated carbocycles. The van der Waals surface area contributed by atoms with Crippen LogP contribution in [0, 0.1) is 13.8 Å². The summed E-state index contributed by atoms with van der Waals surface area (Å²) in [5.41, 5.74) is 8.97. The number of nitrogens with zero attached hydrogens (tertiary/aromatic N) is 2. The lowest BCUT2D eigenvalue weighted by atomic mass is 10.1. The molecule has 4 aromatic rings. The molecule has 3 N–H and O–H groups in total. The summed E-state index contributed by atoms with van der Waals surface area (Å²) >= 11 is 2.90. The van der Waals surface area contributed by atoms with Gasteiger partial charge < -0.3 is 11.1 Å². The van der Waals surface area contributed by atoms with Gasteiger partial charge in [0, 0.05) is 10.6 Å². The molecule has 0 bridgehead atoms. The first-order valence-electron chi connectivity index (χ1n) is 9.13. The number of anilines is 2. The minimum absolute atomic E-state index is 0.131. The van der Waals surface area contributed by atoms with Crippen LogP contribution in [0.1, 0.15) is 21.3 Å². The van der Waals surface area contributed by atoms with Gasteiger partial charge in [-0.25, -0.2) is 9.97 Å². The zero-order valence-electron chi connectivity index (χ0n) is 16.0. The number of nitrogens with one attached hydrogen (secondary N) is 1. The molecular formula is C22H20N4OS2. The summed E-state index contributed by atoms with van der Waals surface area (Å²) in [6, 6.07) is 19.1. The second-order valence-electron chi connectivity index (χ2n) is 6.62. The van der Waals surface area contributed by atoms with Gasteiger partial charge in [0.25, 0.3) is 0 Å². The summed E-state index contributed by atoms with van der Waals surface area (Å²) < 4.78 is 0. The third-order valence-corrected chi connectivity index (χ3v) is 6.86. The maximum Gasteiger partial charge on any atom is 0.242 e. The van der Waals surface area contributed by atoms with E-state index in [9.17, 15) is 4.79 Å². The number of rotatable bonds is 5. The Morgan fingerprint density at radius 1 is 1.03 bits per heavy atom. The molecule has 0 spiro atoms. The number of aromatic nitrogens is 2. The van der Waals surface area contributed by atoms with Crippen molar-refractivity contribution in [3.05, 3.63) is 76.7 Å². The third kappa shape index (κ3) is 4.11. The summed E-state index contributed by atoms with van der Waals surface area (Å²) in [4.78, 5) is 24.3. The van der Waals surface area contributed by atoms with E-state index in [-0.39, 0.29) is 5.91 Å². The number of hydrogen-bond acceptors (Lipinski definition) is 6. The molecule has 0 fully saturated rings. The summed E-state index contributed by atoms with van der Waals surface area (Å²) in [5, 5.41) is 3.88. The standard InChI is InChI=1S/C22H20N4OS2/c1-13-14(2)28-21-17(13)19(23)25-22(26-21)29-18(15-9-5-3-6-10-15)20(27)24-16-11-7-4-8-12-16/h3-12,18H,1-2H3,(H,24,27)(H2,23,25,26)/t18-/m1/s1. The highest BCUT2D eigenvalue weighted by molar-refractivity contribution is 8.00. The van der Waals surface area contributed by atoms with Gasteiger partial charge in [0.1, 0.15) is 15.9 Å². The number of thioether (sulfide) groups is 1. The fourth-order valence-corrected chi connectivity index (χ4v) is 5.11. The Bertz CT molecular complexity index is 1160. The van der Waals surface area contributed by atoms with Crippen molar-refractivity contribution in [2.75, 3.05) is 11.1 Å². The number of carbonyl (C=O) groups excluding carboxylic acids is 1. The zero-order chi connectivity index (χ0) is 20.4. The van der Waals surface area contributed by atoms with Crippen molar-refractivity contribution >= 4 is 50.7 Å². The van der Waals surface area contributed by atoms with Crippen molar-refractivity contribution in [3.8, 4) is 0 Å². The minimum Gasteiger partial charge on any atom is -0.383 e. The minimum atomic E-state index is -0.504. The predicted molar refractivity (Wildman–Crippen MR) is 121 cm³/mol. The summed E-state index contributed by atoms with van der Waals surface area (Å²) in [6.07, 6.45) is 0. The molecular weight excluding hydrogens is 400 g/mol. The van der Waals surface area contributed by atoms with E-state index in [0.29, 0.717) is 11.0 Å². The number of nitrogens with two attached hydrogens (primary N) is 1. The topological polar surface area (TPSA) is 80.9 Å². The van der Waals surface area contributed by atoms with Crippen molar-refractivity contribution in [3.63, 3.8) is 0 Å². The Balaban J connectivity index is 1.69. The van der Waals surface area contributed by atoms with E-state index in [1.165, 1.54) is 16.6 Å². The number of benzene rings is 2. The van der Waals surface area contributed by atoms with Crippen LogP contribution in [0.25, 0.3) is 10.2 Å². The van der Waals surface area contributed by atoms with Crippen LogP contribution >= 0.6 is 23.1 Å². The molecule has 5 nitrogen and oxygen atoms in total. The first-order valence-corrected chi connectivity index (χ1v) is 10.8. The Labute approximate surface area is 177 Å². The first kappa shape index (κ1) is 19.4. The Hall–Kier alpha value is -2.90. The molecule has 0 aliphatic heterocycles. The van der Waals surface area contributed by atoms with Gasteiger partial charge in [-0.1, -0.05) is 60.3 Å². The zero-order valence-corrected chi connectivity index (χ0v) is 17.7. The molecule has 29 heavy (non-hydrogen) atoms. The van der Waals surface area contributed by atoms with E-state index in [4.69, 9.17) is 5.73 Å². The number of amides is 1. The molecule has 0 aliphatic carbocycles. The van der Waals surface area contributed by atoms with Gasteiger partial charge >= 0.3 is 0 Å². The van der Waals surface area contributed by atoms with Gasteiger partial charge in [0.15, 0.2) is 5.16 Å². The molecule has 146 valence electrons. The van der Waals surface area contributed by atoms with E-state index in [1.807, 2.05) is 74.5 Å². The number of carbonyl (C=O) groups is 1. The van der Waals surface area contributed by atoms with Crippen LogP contribution in [0.3, 0.4) is 0 Å². The Morgan fingerprint density at radius 3 is 2.38 bits per heavy atom. The van der Waals surface area contributed by atoms with E-state index in [2.05, 4.69) is 15.3 Å². The average Bonchev–Trinajstić information content (AvgIpc) is 3.01. The van der Waals surface area contributed by atoms with E-state index < -0.39 is 5.25 Å². The van der Waals surface area contributed by atoms with Crippen molar-refractivity contribution in [2.24, 2.45) is 0 Å². The van der Waals surface area contributed by atoms with Gasteiger partial charge in [0.2, 0.25) is 5.91 Å². The largest absolute Gasteiger partial charge is 0.383 e. The van der Waals surface area contributed by atoms with Crippen LogP contribution in [-0.4, -0.2) is 15.9 Å². The number of fused-ring (bicyclic) bond motifs is 1. The average molecular weight is 421 g/mol. The van der Waals surface area contributed by atoms with Crippen molar-refractivity contribution < 1.29 is 4.79 Å². The van der Waals surface area contributed by atoms with Crippen LogP contribution in [0.4, 0.5) is 11.5 Å². The molecule has 1 amide bonds. The second kappa shape index (κ2) is 8.23. The van der Waals surface area contributed by atoms with Crippen LogP contribution < -0.4 is 11.1 Å². The molecule has 0 aliphatic rings. The van der Waals surface area contributed by atoms with Gasteiger partial charge in [-0.15, -0.1) is 11.3 Å². The SMILES string of the molecule is Cc1sc2nc(S[C@@H](C(=O)Nc3ccccc3)c3ccccc3)nc(N)c2c1C. The first-order chi connectivity index (χ1) is 14.0. The molecule has 0 radical (unpaired) electrons. The third-order valence-electron chi connectivity index (χ3n) is 4.64. The van der Waals surface area contributed by atoms with Crippen LogP contribution in [0.5, 0.6) is 0 Å². The highest BCUT2D eigenvalue weighted by atomic mass is 32.2. The molecule has 2 heterocycles. The Morgan fingerprint density at radius 2 is 1.69 bits per heavy atom. The van der Waals surface area contributed by atoms with Gasteiger partial charge in [-0.05, 0) is 37.1 Å². The number of nitrogen functional groups attached to an aromatic ring is 1. The Kier molecular flexibility index (Phi) is 5.51. The molecule has 2 aromatic heterocycles. The quantitative estimate of drug-likeness (QED) is 0.335. The van der Waals surface area contributed by atoms with Crippen molar-refractivity contribution in [1.29, 1.82) is 0 Å². The lowest BCUT2D eigenvalue weighted by molar-refractivity contribution is -0.115. The summed E-state index contributed by atoms with van der Waals surface area (Å²) in [5.74, 6) is 0.322. The van der Waals surface area contributed by atoms with Crippen LogP contribution in [0.15, 0.2) is 65.8 Å². The fourth-order valence-electron chi connectivity index (χ4n) is 3.05. The lowest BCUT2D eigenvalue weighted by Gasteiger charge is -2.16. The summed E-state index contributed by atoms with van der Waals surface area (Å²) in [7, 11) is 0. The normalized spacial score (nSPS) is 12.1. The molecule has 7 heteroatoms. The maximum atomic E-state index is 13.1. The highest BCUT2D eigenvalue weighted by Gasteiger charge is 2.24. The van der Waals surface area contributed by atoms with E-state index >= 15 is 0 Å². The van der Waals surface area contributed by atoms with Gasteiger partial charge in [-0.3, -0.25) is 4.79 Å². The predicted octanol–water partition coefficient (Wildman–Crippen LogP) is 5.36. The van der Waals surface area contributed by atoms with Crippen LogP contribution in [-0.2, 0) is 4.79 Å². The molecule has 2 aromatic carbocycles. The fraction of sp³-hybridized carbons (Fsp3) is 0.136. The highest BCUT2D eigenvalue weighted by Crippen LogP contribution is 2.38. The second-order valence-corrected chi connectivity index (χ2v) is 8.89. The molecule has 1 atom stereocenters. The molecule has 0 saturated heterocycles.